The number of aromatic nitrogens is 2. The fourth-order valence-electron chi connectivity index (χ4n) is 3.37. The lowest BCUT2D eigenvalue weighted by Crippen LogP contribution is -2.07. The molecule has 0 fully saturated rings. The largest absolute Gasteiger partial charge is 0.488 e. The van der Waals surface area contributed by atoms with Crippen molar-refractivity contribution in [2.24, 2.45) is 0 Å². The Morgan fingerprint density at radius 1 is 1.06 bits per heavy atom. The van der Waals surface area contributed by atoms with E-state index in [4.69, 9.17) is 16.3 Å². The van der Waals surface area contributed by atoms with Gasteiger partial charge in [-0.1, -0.05) is 23.7 Å². The normalized spacial score (nSPS) is 10.9. The number of ether oxygens (including phenoxy) is 1. The zero-order chi connectivity index (χ0) is 22.8. The van der Waals surface area contributed by atoms with Crippen molar-refractivity contribution >= 4 is 17.6 Å². The zero-order valence-electron chi connectivity index (χ0n) is 16.8. The van der Waals surface area contributed by atoms with Gasteiger partial charge >= 0.3 is 5.97 Å². The Hall–Kier alpha value is -3.71. The fourth-order valence-corrected chi connectivity index (χ4v) is 3.54. The summed E-state index contributed by atoms with van der Waals surface area (Å²) in [7, 11) is 0. The van der Waals surface area contributed by atoms with Crippen LogP contribution in [0.1, 0.15) is 21.7 Å². The summed E-state index contributed by atoms with van der Waals surface area (Å²) in [6, 6.07) is 16.9. The molecule has 0 aliphatic carbocycles. The lowest BCUT2D eigenvalue weighted by Gasteiger charge is -2.16. The van der Waals surface area contributed by atoms with Crippen molar-refractivity contribution in [3.8, 4) is 22.8 Å². The van der Waals surface area contributed by atoms with Crippen LogP contribution in [0.25, 0.3) is 17.1 Å². The second-order valence-corrected chi connectivity index (χ2v) is 7.45. The number of hydrogen-bond donors (Lipinski definition) is 1. The Labute approximate surface area is 187 Å². The monoisotopic (exact) mass is 454 g/mol. The molecule has 0 amide bonds. The number of carbonyl (C=O) groups is 1. The van der Waals surface area contributed by atoms with Crippen LogP contribution >= 0.6 is 11.6 Å². The Bertz CT molecular complexity index is 1300. The number of pyridine rings is 1. The van der Waals surface area contributed by atoms with Gasteiger partial charge in [0.2, 0.25) is 0 Å². The van der Waals surface area contributed by atoms with E-state index in [-0.39, 0.29) is 17.9 Å². The molecule has 2 heterocycles. The summed E-state index contributed by atoms with van der Waals surface area (Å²) in [5, 5.41) is 9.73. The van der Waals surface area contributed by atoms with E-state index in [9.17, 15) is 18.7 Å². The molecule has 0 saturated heterocycles. The molecular weight excluding hydrogens is 438 g/mol. The zero-order valence-corrected chi connectivity index (χ0v) is 17.6. The van der Waals surface area contributed by atoms with Gasteiger partial charge in [-0.25, -0.2) is 18.6 Å². The fraction of sp³-hybridized carbons (Fsp3) is 0.0833. The van der Waals surface area contributed by atoms with Crippen LogP contribution in [0.5, 0.6) is 5.75 Å². The quantitative estimate of drug-likeness (QED) is 0.385. The third-order valence-corrected chi connectivity index (χ3v) is 5.14. The molecule has 0 atom stereocenters. The number of hydrogen-bond acceptors (Lipinski definition) is 3. The van der Waals surface area contributed by atoms with Gasteiger partial charge in [0.1, 0.15) is 29.8 Å². The highest BCUT2D eigenvalue weighted by atomic mass is 35.5. The number of nitrogens with zero attached hydrogens (tertiary/aromatic N) is 2. The van der Waals surface area contributed by atoms with E-state index in [1.54, 1.807) is 34.9 Å². The summed E-state index contributed by atoms with van der Waals surface area (Å²) in [5.41, 5.74) is 1.70. The number of halogens is 3. The van der Waals surface area contributed by atoms with Gasteiger partial charge in [-0.2, -0.15) is 0 Å². The Morgan fingerprint density at radius 3 is 2.50 bits per heavy atom. The molecule has 0 unspecified atom stereocenters. The van der Waals surface area contributed by atoms with E-state index in [0.29, 0.717) is 27.8 Å². The van der Waals surface area contributed by atoms with Gasteiger partial charge in [-0.05, 0) is 61.5 Å². The molecule has 0 aliphatic heterocycles. The standard InChI is InChI=1S/C24H17ClF2N2O3/c1-14-8-10-21(29(14)23-7-3-6-20(28-23)24(30)31)16-12-15(25)9-11-22(16)32-13-17-18(26)4-2-5-19(17)27/h2-12H,13H2,1H3,(H,30,31). The van der Waals surface area contributed by atoms with Crippen molar-refractivity contribution in [2.45, 2.75) is 13.5 Å². The number of carboxylic acid groups (broad SMARTS) is 1. The van der Waals surface area contributed by atoms with Crippen LogP contribution < -0.4 is 4.74 Å². The SMILES string of the molecule is Cc1ccc(-c2cc(Cl)ccc2OCc2c(F)cccc2F)n1-c1cccc(C(=O)O)n1. The number of aryl methyl sites for hydroxylation is 1. The number of benzene rings is 2. The molecule has 4 aromatic rings. The molecule has 5 nitrogen and oxygen atoms in total. The maximum absolute atomic E-state index is 14.0. The number of aromatic carboxylic acids is 1. The Kier molecular flexibility index (Phi) is 5.92. The molecule has 8 heteroatoms. The molecule has 0 saturated carbocycles. The molecule has 0 aliphatic rings. The van der Waals surface area contributed by atoms with Gasteiger partial charge in [0.15, 0.2) is 5.69 Å². The lowest BCUT2D eigenvalue weighted by atomic mass is 10.1. The van der Waals surface area contributed by atoms with Gasteiger partial charge in [-0.15, -0.1) is 0 Å². The third kappa shape index (κ3) is 4.20. The minimum atomic E-state index is -1.14. The first-order valence-electron chi connectivity index (χ1n) is 9.60. The van der Waals surface area contributed by atoms with Crippen molar-refractivity contribution in [3.05, 3.63) is 100 Å². The van der Waals surface area contributed by atoms with E-state index in [1.807, 2.05) is 19.1 Å². The predicted octanol–water partition coefficient (Wildman–Crippen LogP) is 6.06. The highest BCUT2D eigenvalue weighted by Gasteiger charge is 2.18. The van der Waals surface area contributed by atoms with E-state index in [1.165, 1.54) is 24.3 Å². The molecule has 1 N–H and O–H groups in total. The average molecular weight is 455 g/mol. The van der Waals surface area contributed by atoms with Gasteiger partial charge in [0.05, 0.1) is 11.3 Å². The minimum absolute atomic E-state index is 0.0980. The predicted molar refractivity (Wildman–Crippen MR) is 116 cm³/mol. The second kappa shape index (κ2) is 8.80. The Morgan fingerprint density at radius 2 is 1.78 bits per heavy atom. The lowest BCUT2D eigenvalue weighted by molar-refractivity contribution is 0.0690. The highest BCUT2D eigenvalue weighted by molar-refractivity contribution is 6.31. The summed E-state index contributed by atoms with van der Waals surface area (Å²) in [6.07, 6.45) is 0. The van der Waals surface area contributed by atoms with Crippen molar-refractivity contribution < 1.29 is 23.4 Å². The summed E-state index contributed by atoms with van der Waals surface area (Å²) in [4.78, 5) is 15.6. The van der Waals surface area contributed by atoms with Crippen LogP contribution in [-0.4, -0.2) is 20.6 Å². The van der Waals surface area contributed by atoms with E-state index in [0.717, 1.165) is 5.69 Å². The molecule has 162 valence electrons. The summed E-state index contributed by atoms with van der Waals surface area (Å²) >= 11 is 6.23. The minimum Gasteiger partial charge on any atom is -0.488 e. The topological polar surface area (TPSA) is 64.3 Å². The van der Waals surface area contributed by atoms with Gasteiger partial charge in [-0.3, -0.25) is 4.57 Å². The third-order valence-electron chi connectivity index (χ3n) is 4.91. The van der Waals surface area contributed by atoms with E-state index >= 15 is 0 Å². The van der Waals surface area contributed by atoms with Gasteiger partial charge < -0.3 is 9.84 Å². The van der Waals surface area contributed by atoms with Crippen LogP contribution in [-0.2, 0) is 6.61 Å². The first kappa shape index (κ1) is 21.5. The van der Waals surface area contributed by atoms with Gasteiger partial charge in [0.25, 0.3) is 0 Å². The number of carboxylic acids is 1. The highest BCUT2D eigenvalue weighted by Crippen LogP contribution is 2.36. The average Bonchev–Trinajstić information content (AvgIpc) is 3.15. The summed E-state index contributed by atoms with van der Waals surface area (Å²) in [6.45, 7) is 1.53. The van der Waals surface area contributed by atoms with E-state index in [2.05, 4.69) is 4.98 Å². The molecule has 2 aromatic heterocycles. The molecular formula is C24H17ClF2N2O3. The van der Waals surface area contributed by atoms with Crippen molar-refractivity contribution in [3.63, 3.8) is 0 Å². The molecule has 4 rings (SSSR count). The smallest absolute Gasteiger partial charge is 0.354 e. The first-order valence-corrected chi connectivity index (χ1v) is 9.97. The van der Waals surface area contributed by atoms with Crippen LogP contribution in [0.3, 0.4) is 0 Å². The van der Waals surface area contributed by atoms with Crippen LogP contribution in [0.2, 0.25) is 5.02 Å². The molecule has 0 radical (unpaired) electrons. The summed E-state index contributed by atoms with van der Waals surface area (Å²) < 4.78 is 35.6. The van der Waals surface area contributed by atoms with Gasteiger partial charge in [0, 0.05) is 16.3 Å². The maximum Gasteiger partial charge on any atom is 0.354 e. The van der Waals surface area contributed by atoms with Crippen molar-refractivity contribution in [2.75, 3.05) is 0 Å². The van der Waals surface area contributed by atoms with Crippen LogP contribution in [0, 0.1) is 18.6 Å². The maximum atomic E-state index is 14.0. The molecule has 32 heavy (non-hydrogen) atoms. The summed E-state index contributed by atoms with van der Waals surface area (Å²) in [5.74, 6) is -1.79. The van der Waals surface area contributed by atoms with Crippen molar-refractivity contribution in [1.29, 1.82) is 0 Å². The van der Waals surface area contributed by atoms with Crippen molar-refractivity contribution in [1.82, 2.24) is 9.55 Å². The second-order valence-electron chi connectivity index (χ2n) is 7.01. The molecule has 2 aromatic carbocycles. The van der Waals surface area contributed by atoms with E-state index < -0.39 is 17.6 Å². The molecule has 0 bridgehead atoms. The van der Waals surface area contributed by atoms with Crippen LogP contribution in [0.4, 0.5) is 8.78 Å². The molecule has 0 spiro atoms. The number of rotatable bonds is 6. The first-order chi connectivity index (χ1) is 15.3. The van der Waals surface area contributed by atoms with Crippen LogP contribution in [0.15, 0.2) is 66.7 Å². The Balaban J connectivity index is 1.78.